The lowest BCUT2D eigenvalue weighted by Gasteiger charge is -2.32. The summed E-state index contributed by atoms with van der Waals surface area (Å²) < 4.78 is 0. The van der Waals surface area contributed by atoms with Crippen LogP contribution in [-0.4, -0.2) is 61.4 Å². The summed E-state index contributed by atoms with van der Waals surface area (Å²) in [5.74, 6) is 0.863. The van der Waals surface area contributed by atoms with Crippen LogP contribution in [0.2, 0.25) is 0 Å². The lowest BCUT2D eigenvalue weighted by atomic mass is 9.91. The van der Waals surface area contributed by atoms with Crippen molar-refractivity contribution in [3.8, 4) is 0 Å². The summed E-state index contributed by atoms with van der Waals surface area (Å²) in [6, 6.07) is 0.650. The Morgan fingerprint density at radius 1 is 1.15 bits per heavy atom. The van der Waals surface area contributed by atoms with Gasteiger partial charge < -0.3 is 21.7 Å². The maximum atomic E-state index is 12.3. The molecule has 3 atom stereocenters. The number of rotatable bonds is 7. The highest BCUT2D eigenvalue weighted by atomic mass is 16.2. The van der Waals surface area contributed by atoms with E-state index in [-0.39, 0.29) is 11.9 Å². The van der Waals surface area contributed by atoms with Gasteiger partial charge in [0.25, 0.3) is 0 Å². The fraction of sp³-hybridized carbons (Fsp3) is 0.944. The molecule has 2 saturated heterocycles. The highest BCUT2D eigenvalue weighted by molar-refractivity contribution is 5.82. The van der Waals surface area contributed by atoms with E-state index in [1.54, 1.807) is 0 Å². The Labute approximate surface area is 157 Å². The third kappa shape index (κ3) is 5.87. The molecule has 1 saturated carbocycles. The predicted molar refractivity (Wildman–Crippen MR) is 103 cm³/mol. The summed E-state index contributed by atoms with van der Waals surface area (Å²) >= 11 is 0. The molecule has 2 aliphatic heterocycles. The Morgan fingerprint density at radius 3 is 2.69 bits per heavy atom. The summed E-state index contributed by atoms with van der Waals surface area (Å²) in [6.07, 6.45) is 8.19. The van der Waals surface area contributed by atoms with Crippen LogP contribution in [0.5, 0.6) is 0 Å². The second-order valence-electron chi connectivity index (χ2n) is 8.27. The van der Waals surface area contributed by atoms with Gasteiger partial charge in [0.05, 0.1) is 6.17 Å². The van der Waals surface area contributed by atoms with E-state index in [1.807, 2.05) is 0 Å². The number of nitrogens with zero attached hydrogens (tertiary/aromatic N) is 1. The van der Waals surface area contributed by atoms with Crippen molar-refractivity contribution in [1.82, 2.24) is 31.9 Å². The molecule has 3 fully saturated rings. The quantitative estimate of drug-likeness (QED) is 0.334. The fourth-order valence-electron chi connectivity index (χ4n) is 4.12. The van der Waals surface area contributed by atoms with Gasteiger partial charge in [-0.2, -0.15) is 5.53 Å². The monoisotopic (exact) mass is 367 g/mol. The van der Waals surface area contributed by atoms with E-state index in [1.165, 1.54) is 12.8 Å². The molecule has 3 rings (SSSR count). The number of carbonyl (C=O) groups is 1. The van der Waals surface area contributed by atoms with Gasteiger partial charge in [-0.1, -0.05) is 6.92 Å². The van der Waals surface area contributed by atoms with Crippen molar-refractivity contribution in [2.24, 2.45) is 11.7 Å². The van der Waals surface area contributed by atoms with Gasteiger partial charge in [-0.25, -0.2) is 10.4 Å². The van der Waals surface area contributed by atoms with Crippen molar-refractivity contribution < 1.29 is 4.79 Å². The number of hydrogen-bond acceptors (Lipinski definition) is 7. The molecule has 8 heteroatoms. The van der Waals surface area contributed by atoms with Crippen LogP contribution in [0.4, 0.5) is 0 Å². The van der Waals surface area contributed by atoms with Gasteiger partial charge in [0, 0.05) is 25.2 Å². The smallest absolute Gasteiger partial charge is 0.239 e. The van der Waals surface area contributed by atoms with Crippen LogP contribution in [0.15, 0.2) is 0 Å². The van der Waals surface area contributed by atoms with Crippen LogP contribution < -0.4 is 32.6 Å². The Hall–Kier alpha value is -0.770. The molecule has 8 nitrogen and oxygen atoms in total. The number of hydrazine groups is 2. The number of piperidine rings is 1. The van der Waals surface area contributed by atoms with Crippen LogP contribution in [0.25, 0.3) is 0 Å². The predicted octanol–water partition coefficient (Wildman–Crippen LogP) is -0.609. The van der Waals surface area contributed by atoms with Crippen molar-refractivity contribution in [1.29, 1.82) is 0 Å². The van der Waals surface area contributed by atoms with Gasteiger partial charge in [-0.15, -0.1) is 0 Å². The van der Waals surface area contributed by atoms with Crippen LogP contribution >= 0.6 is 0 Å². The minimum absolute atomic E-state index is 0.0807. The Balaban J connectivity index is 1.25. The van der Waals surface area contributed by atoms with E-state index in [2.05, 4.69) is 38.8 Å². The summed E-state index contributed by atoms with van der Waals surface area (Å²) in [6.45, 7) is 5.74. The molecule has 0 radical (unpaired) electrons. The molecule has 0 aromatic rings. The molecular weight excluding hydrogens is 330 g/mol. The number of carbonyl (C=O) groups excluding carboxylic acids is 1. The molecule has 26 heavy (non-hydrogen) atoms. The van der Waals surface area contributed by atoms with Crippen LogP contribution in [-0.2, 0) is 4.79 Å². The standard InChI is InChI=1S/C18H37N7O/c1-13-3-8-17(22-11-13)20-9-2-10-21-18(26)16-12-25(24-23-16)15-6-4-14(19)5-7-15/h13-17,20,22-24H,2-12,19H2,1H3,(H,21,26). The highest BCUT2D eigenvalue weighted by Gasteiger charge is 2.33. The molecule has 0 spiro atoms. The van der Waals surface area contributed by atoms with Crippen LogP contribution in [0.3, 0.4) is 0 Å². The van der Waals surface area contributed by atoms with Gasteiger partial charge in [0.15, 0.2) is 0 Å². The van der Waals surface area contributed by atoms with E-state index in [0.717, 1.165) is 51.1 Å². The van der Waals surface area contributed by atoms with Crippen molar-refractivity contribution in [3.63, 3.8) is 0 Å². The minimum atomic E-state index is -0.181. The molecule has 1 amide bonds. The van der Waals surface area contributed by atoms with Gasteiger partial charge in [0.2, 0.25) is 5.91 Å². The first-order valence-corrected chi connectivity index (χ1v) is 10.4. The molecule has 3 unspecified atom stereocenters. The summed E-state index contributed by atoms with van der Waals surface area (Å²) in [4.78, 5) is 12.3. The third-order valence-corrected chi connectivity index (χ3v) is 5.96. The fourth-order valence-corrected chi connectivity index (χ4v) is 4.12. The number of nitrogens with one attached hydrogen (secondary N) is 5. The van der Waals surface area contributed by atoms with E-state index in [9.17, 15) is 4.79 Å². The summed E-state index contributed by atoms with van der Waals surface area (Å²) in [7, 11) is 0. The van der Waals surface area contributed by atoms with Gasteiger partial charge in [-0.3, -0.25) is 4.79 Å². The average molecular weight is 368 g/mol. The van der Waals surface area contributed by atoms with E-state index < -0.39 is 0 Å². The highest BCUT2D eigenvalue weighted by Crippen LogP contribution is 2.22. The molecule has 3 aliphatic rings. The molecule has 1 aliphatic carbocycles. The maximum Gasteiger partial charge on any atom is 0.239 e. The SMILES string of the molecule is CC1CCC(NCCCNC(=O)C2CN(C3CCC(N)CC3)NN2)NC1. The topological polar surface area (TPSA) is 106 Å². The number of hydrogen-bond donors (Lipinski definition) is 6. The normalized spacial score (nSPS) is 36.2. The Bertz CT molecular complexity index is 433. The van der Waals surface area contributed by atoms with Crippen molar-refractivity contribution >= 4 is 5.91 Å². The van der Waals surface area contributed by atoms with Gasteiger partial charge in [0.1, 0.15) is 6.04 Å². The van der Waals surface area contributed by atoms with Gasteiger partial charge >= 0.3 is 0 Å². The largest absolute Gasteiger partial charge is 0.355 e. The lowest BCUT2D eigenvalue weighted by Crippen LogP contribution is -2.48. The Morgan fingerprint density at radius 2 is 1.96 bits per heavy atom. The first-order valence-electron chi connectivity index (χ1n) is 10.4. The zero-order valence-electron chi connectivity index (χ0n) is 16.1. The molecule has 2 heterocycles. The van der Waals surface area contributed by atoms with E-state index in [0.29, 0.717) is 31.3 Å². The van der Waals surface area contributed by atoms with E-state index >= 15 is 0 Å². The van der Waals surface area contributed by atoms with Crippen LogP contribution in [0, 0.1) is 5.92 Å². The molecule has 0 aromatic heterocycles. The maximum absolute atomic E-state index is 12.3. The zero-order chi connectivity index (χ0) is 18.4. The van der Waals surface area contributed by atoms with Crippen molar-refractivity contribution in [2.75, 3.05) is 26.2 Å². The molecular formula is C18H37N7O. The van der Waals surface area contributed by atoms with Crippen molar-refractivity contribution in [3.05, 3.63) is 0 Å². The Kier molecular flexibility index (Phi) is 7.65. The van der Waals surface area contributed by atoms with Crippen LogP contribution in [0.1, 0.15) is 51.9 Å². The molecule has 150 valence electrons. The van der Waals surface area contributed by atoms with E-state index in [4.69, 9.17) is 5.73 Å². The third-order valence-electron chi connectivity index (χ3n) is 5.96. The summed E-state index contributed by atoms with van der Waals surface area (Å²) in [5, 5.41) is 12.3. The second-order valence-corrected chi connectivity index (χ2v) is 8.27. The van der Waals surface area contributed by atoms with Gasteiger partial charge in [-0.05, 0) is 64.0 Å². The summed E-state index contributed by atoms with van der Waals surface area (Å²) in [5.41, 5.74) is 12.3. The first-order chi connectivity index (χ1) is 12.6. The first kappa shape index (κ1) is 20.0. The minimum Gasteiger partial charge on any atom is -0.355 e. The average Bonchev–Trinajstić information content (AvgIpc) is 3.14. The molecule has 0 bridgehead atoms. The van der Waals surface area contributed by atoms with Crippen molar-refractivity contribution in [2.45, 2.75) is 76.2 Å². The molecule has 7 N–H and O–H groups in total. The lowest BCUT2D eigenvalue weighted by molar-refractivity contribution is -0.122. The number of amides is 1. The zero-order valence-corrected chi connectivity index (χ0v) is 16.1. The number of nitrogens with two attached hydrogens (primary N) is 1. The second kappa shape index (κ2) is 9.96. The molecule has 0 aromatic carbocycles.